The van der Waals surface area contributed by atoms with Gasteiger partial charge < -0.3 is 5.32 Å². The molecule has 2 N–H and O–H groups in total. The van der Waals surface area contributed by atoms with E-state index in [1.165, 1.54) is 23.0 Å². The molecule has 0 fully saturated rings. The van der Waals surface area contributed by atoms with Gasteiger partial charge in [-0.05, 0) is 30.7 Å². The van der Waals surface area contributed by atoms with E-state index in [1.54, 1.807) is 0 Å². The zero-order valence-electron chi connectivity index (χ0n) is 16.2. The summed E-state index contributed by atoms with van der Waals surface area (Å²) in [7, 11) is 2.04. The quantitative estimate of drug-likeness (QED) is 0.695. The number of benzene rings is 2. The van der Waals surface area contributed by atoms with Crippen LogP contribution >= 0.6 is 0 Å². The Labute approximate surface area is 165 Å². The average molecular weight is 375 g/mol. The summed E-state index contributed by atoms with van der Waals surface area (Å²) in [6.07, 6.45) is 2.85. The predicted octanol–water partition coefficient (Wildman–Crippen LogP) is 2.65. The highest BCUT2D eigenvalue weighted by molar-refractivity contribution is 5.88. The first kappa shape index (κ1) is 18.4. The van der Waals surface area contributed by atoms with Crippen molar-refractivity contribution in [3.05, 3.63) is 83.4 Å². The Bertz CT molecular complexity index is 914. The lowest BCUT2D eigenvalue weighted by Gasteiger charge is -2.38. The van der Waals surface area contributed by atoms with Gasteiger partial charge in [-0.15, -0.1) is 0 Å². The predicted molar refractivity (Wildman–Crippen MR) is 107 cm³/mol. The van der Waals surface area contributed by atoms with E-state index in [4.69, 9.17) is 0 Å². The number of aromatic nitrogens is 3. The number of hydrogen-bond donors (Lipinski definition) is 2. The van der Waals surface area contributed by atoms with E-state index in [0.717, 1.165) is 0 Å². The van der Waals surface area contributed by atoms with E-state index in [1.807, 2.05) is 44.3 Å². The zero-order chi connectivity index (χ0) is 19.6. The molecule has 6 heteroatoms. The average Bonchev–Trinajstić information content (AvgIpc) is 3.37. The van der Waals surface area contributed by atoms with Crippen LogP contribution in [0, 0.1) is 0 Å². The van der Waals surface area contributed by atoms with Crippen LogP contribution in [0.25, 0.3) is 0 Å². The molecule has 4 rings (SSSR count). The lowest BCUT2D eigenvalue weighted by Crippen LogP contribution is -2.58. The fourth-order valence-corrected chi connectivity index (χ4v) is 4.03. The Hall–Kier alpha value is -2.99. The Morgan fingerprint density at radius 3 is 2.39 bits per heavy atom. The van der Waals surface area contributed by atoms with Gasteiger partial charge in [-0.1, -0.05) is 54.6 Å². The van der Waals surface area contributed by atoms with Crippen molar-refractivity contribution in [2.45, 2.75) is 37.9 Å². The Kier molecular flexibility index (Phi) is 4.96. The number of fused-ring (bicyclic) bond motifs is 1. The molecule has 28 heavy (non-hydrogen) atoms. The van der Waals surface area contributed by atoms with Crippen LogP contribution < -0.4 is 5.32 Å². The molecule has 3 aromatic rings. The third-order valence-corrected chi connectivity index (χ3v) is 5.69. The number of amides is 1. The van der Waals surface area contributed by atoms with Gasteiger partial charge in [-0.3, -0.25) is 14.8 Å². The van der Waals surface area contributed by atoms with Gasteiger partial charge in [0.05, 0.1) is 6.04 Å². The van der Waals surface area contributed by atoms with Crippen molar-refractivity contribution in [1.82, 2.24) is 25.4 Å². The number of carbonyl (C=O) groups excluding carboxylic acids is 1. The molecule has 0 bridgehead atoms. The summed E-state index contributed by atoms with van der Waals surface area (Å²) >= 11 is 0. The van der Waals surface area contributed by atoms with E-state index in [0.29, 0.717) is 25.2 Å². The van der Waals surface area contributed by atoms with Crippen molar-refractivity contribution in [2.24, 2.45) is 0 Å². The third-order valence-electron chi connectivity index (χ3n) is 5.69. The monoisotopic (exact) mass is 375 g/mol. The molecule has 6 nitrogen and oxygen atoms in total. The first-order valence-corrected chi connectivity index (χ1v) is 9.57. The van der Waals surface area contributed by atoms with Gasteiger partial charge in [0.15, 0.2) is 0 Å². The van der Waals surface area contributed by atoms with Crippen molar-refractivity contribution in [3.63, 3.8) is 0 Å². The maximum absolute atomic E-state index is 13.6. The maximum Gasteiger partial charge on any atom is 0.241 e. The molecule has 2 aromatic carbocycles. The molecule has 0 saturated heterocycles. The van der Waals surface area contributed by atoms with Gasteiger partial charge in [0, 0.05) is 19.4 Å². The first-order valence-electron chi connectivity index (χ1n) is 9.57. The van der Waals surface area contributed by atoms with E-state index < -0.39 is 5.54 Å². The second kappa shape index (κ2) is 7.56. The molecule has 0 unspecified atom stereocenters. The summed E-state index contributed by atoms with van der Waals surface area (Å²) < 4.78 is 0. The summed E-state index contributed by atoms with van der Waals surface area (Å²) in [6, 6.07) is 18.4. The smallest absolute Gasteiger partial charge is 0.241 e. The molecule has 1 aliphatic rings. The number of rotatable bonds is 6. The fourth-order valence-electron chi connectivity index (χ4n) is 4.03. The fraction of sp³-hybridized carbons (Fsp3) is 0.318. The molecule has 0 radical (unpaired) electrons. The largest absolute Gasteiger partial charge is 0.345 e. The topological polar surface area (TPSA) is 73.9 Å². The lowest BCUT2D eigenvalue weighted by molar-refractivity contribution is -0.133. The highest BCUT2D eigenvalue weighted by Crippen LogP contribution is 2.35. The Balaban J connectivity index is 1.61. The van der Waals surface area contributed by atoms with Gasteiger partial charge in [0.25, 0.3) is 0 Å². The van der Waals surface area contributed by atoms with Gasteiger partial charge >= 0.3 is 0 Å². The molecule has 0 saturated carbocycles. The number of carbonyl (C=O) groups is 1. The number of H-pyrrole nitrogens is 1. The second-order valence-electron chi connectivity index (χ2n) is 7.56. The minimum atomic E-state index is -0.631. The van der Waals surface area contributed by atoms with Gasteiger partial charge in [0.1, 0.15) is 17.7 Å². The van der Waals surface area contributed by atoms with Crippen LogP contribution in [0.4, 0.5) is 0 Å². The van der Waals surface area contributed by atoms with Gasteiger partial charge in [0.2, 0.25) is 5.91 Å². The van der Waals surface area contributed by atoms with Crippen LogP contribution in [0.1, 0.15) is 35.5 Å². The van der Waals surface area contributed by atoms with Crippen LogP contribution in [0.15, 0.2) is 60.9 Å². The summed E-state index contributed by atoms with van der Waals surface area (Å²) in [6.45, 7) is 2.63. The van der Waals surface area contributed by atoms with Crippen LogP contribution in [0.2, 0.25) is 0 Å². The number of nitrogens with one attached hydrogen (secondary N) is 2. The standard InChI is InChI=1S/C22H25N5O/c1-16(20-23-15-24-26-20)25-21(28)22(12-18-10-6-7-11-19(18)13-22)27(2)14-17-8-4-3-5-9-17/h3-11,15-16H,12-14H2,1-2H3,(H,25,28)(H,23,24,26)/t16-/m1/s1. The Morgan fingerprint density at radius 1 is 1.14 bits per heavy atom. The maximum atomic E-state index is 13.6. The normalized spacial score (nSPS) is 16.0. The molecule has 1 heterocycles. The van der Waals surface area contributed by atoms with Crippen molar-refractivity contribution in [2.75, 3.05) is 7.05 Å². The lowest BCUT2D eigenvalue weighted by atomic mass is 9.91. The summed E-state index contributed by atoms with van der Waals surface area (Å²) in [5.41, 5.74) is 3.04. The van der Waals surface area contributed by atoms with Crippen LogP contribution in [-0.2, 0) is 24.2 Å². The second-order valence-corrected chi connectivity index (χ2v) is 7.56. The van der Waals surface area contributed by atoms with Crippen LogP contribution in [0.3, 0.4) is 0 Å². The number of aromatic amines is 1. The van der Waals surface area contributed by atoms with Crippen molar-refractivity contribution < 1.29 is 4.79 Å². The van der Waals surface area contributed by atoms with Gasteiger partial charge in [-0.25, -0.2) is 4.98 Å². The van der Waals surface area contributed by atoms with Crippen LogP contribution in [0.5, 0.6) is 0 Å². The zero-order valence-corrected chi connectivity index (χ0v) is 16.2. The van der Waals surface area contributed by atoms with Crippen molar-refractivity contribution in [3.8, 4) is 0 Å². The van der Waals surface area contributed by atoms with E-state index in [2.05, 4.69) is 49.7 Å². The van der Waals surface area contributed by atoms with E-state index >= 15 is 0 Å². The number of hydrogen-bond acceptors (Lipinski definition) is 4. The molecule has 1 aliphatic carbocycles. The molecular weight excluding hydrogens is 350 g/mol. The van der Waals surface area contributed by atoms with Crippen molar-refractivity contribution in [1.29, 1.82) is 0 Å². The minimum Gasteiger partial charge on any atom is -0.345 e. The third kappa shape index (κ3) is 3.43. The van der Waals surface area contributed by atoms with E-state index in [-0.39, 0.29) is 11.9 Å². The SMILES string of the molecule is C[C@@H](NC(=O)C1(N(C)Cc2ccccc2)Cc2ccccc2C1)c1ncn[nH]1. The molecule has 1 atom stereocenters. The van der Waals surface area contributed by atoms with Crippen molar-refractivity contribution >= 4 is 5.91 Å². The molecule has 0 spiro atoms. The Morgan fingerprint density at radius 2 is 1.79 bits per heavy atom. The number of likely N-dealkylation sites (N-methyl/N-ethyl adjacent to an activating group) is 1. The van der Waals surface area contributed by atoms with Gasteiger partial charge in [-0.2, -0.15) is 5.10 Å². The summed E-state index contributed by atoms with van der Waals surface area (Å²) in [5, 5.41) is 9.89. The molecule has 144 valence electrons. The minimum absolute atomic E-state index is 0.0195. The first-order chi connectivity index (χ1) is 13.6. The molecule has 0 aliphatic heterocycles. The molecule has 1 aromatic heterocycles. The molecule has 1 amide bonds. The highest BCUT2D eigenvalue weighted by Gasteiger charge is 2.47. The van der Waals surface area contributed by atoms with E-state index in [9.17, 15) is 4.79 Å². The summed E-state index contributed by atoms with van der Waals surface area (Å²) in [5.74, 6) is 0.677. The molecular formula is C22H25N5O. The highest BCUT2D eigenvalue weighted by atomic mass is 16.2. The number of nitrogens with zero attached hydrogens (tertiary/aromatic N) is 3. The summed E-state index contributed by atoms with van der Waals surface area (Å²) in [4.78, 5) is 19.9. The van der Waals surface area contributed by atoms with Crippen LogP contribution in [-0.4, -0.2) is 38.6 Å².